The molecular weight excluding hydrogens is 198 g/mol. The molecule has 0 saturated heterocycles. The fourth-order valence-electron chi connectivity index (χ4n) is 1.28. The van der Waals surface area contributed by atoms with Gasteiger partial charge in [0.25, 0.3) is 0 Å². The topological polar surface area (TPSA) is 21.3 Å². The molecule has 0 aliphatic rings. The number of anilines is 1. The molecule has 0 aromatic heterocycles. The summed E-state index contributed by atoms with van der Waals surface area (Å²) < 4.78 is 5.57. The summed E-state index contributed by atoms with van der Waals surface area (Å²) >= 11 is 0. The van der Waals surface area contributed by atoms with Crippen LogP contribution in [0.4, 0.5) is 5.69 Å². The highest BCUT2D eigenvalue weighted by Gasteiger charge is 1.98. The lowest BCUT2D eigenvalue weighted by molar-refractivity contribution is 0.242. The van der Waals surface area contributed by atoms with Gasteiger partial charge in [-0.05, 0) is 44.5 Å². The first-order chi connectivity index (χ1) is 7.61. The molecular formula is C14H21NO. The Morgan fingerprint density at radius 1 is 1.31 bits per heavy atom. The fraction of sp³-hybridized carbons (Fsp3) is 0.429. The van der Waals surface area contributed by atoms with Crippen molar-refractivity contribution in [2.24, 2.45) is 0 Å². The Labute approximate surface area is 98.3 Å². The van der Waals surface area contributed by atoms with Gasteiger partial charge in [0.1, 0.15) is 5.75 Å². The van der Waals surface area contributed by atoms with Gasteiger partial charge in [-0.1, -0.05) is 19.1 Å². The molecule has 1 aromatic carbocycles. The SMILES string of the molecule is C=C(CC)CNc1ccc(OC(C)C)cc1. The van der Waals surface area contributed by atoms with Crippen LogP contribution in [0.5, 0.6) is 5.75 Å². The molecule has 88 valence electrons. The van der Waals surface area contributed by atoms with E-state index in [0.717, 1.165) is 24.4 Å². The lowest BCUT2D eigenvalue weighted by Crippen LogP contribution is -2.06. The summed E-state index contributed by atoms with van der Waals surface area (Å²) in [6, 6.07) is 8.02. The molecule has 0 fully saturated rings. The molecule has 0 saturated carbocycles. The van der Waals surface area contributed by atoms with Crippen molar-refractivity contribution in [1.29, 1.82) is 0 Å². The van der Waals surface area contributed by atoms with Crippen molar-refractivity contribution in [2.45, 2.75) is 33.3 Å². The normalized spacial score (nSPS) is 10.2. The van der Waals surface area contributed by atoms with E-state index in [1.165, 1.54) is 5.57 Å². The zero-order valence-corrected chi connectivity index (χ0v) is 10.4. The first kappa shape index (κ1) is 12.6. The van der Waals surface area contributed by atoms with E-state index in [0.29, 0.717) is 0 Å². The van der Waals surface area contributed by atoms with Crippen LogP contribution in [0.15, 0.2) is 36.4 Å². The lowest BCUT2D eigenvalue weighted by atomic mass is 10.2. The van der Waals surface area contributed by atoms with E-state index >= 15 is 0 Å². The molecule has 1 aromatic rings. The van der Waals surface area contributed by atoms with Gasteiger partial charge in [-0.2, -0.15) is 0 Å². The Morgan fingerprint density at radius 3 is 2.44 bits per heavy atom. The number of ether oxygens (including phenoxy) is 1. The molecule has 0 spiro atoms. The van der Waals surface area contributed by atoms with E-state index in [1.54, 1.807) is 0 Å². The van der Waals surface area contributed by atoms with Crippen LogP contribution < -0.4 is 10.1 Å². The Morgan fingerprint density at radius 2 is 1.94 bits per heavy atom. The fourth-order valence-corrected chi connectivity index (χ4v) is 1.28. The molecule has 0 unspecified atom stereocenters. The third kappa shape index (κ3) is 4.39. The summed E-state index contributed by atoms with van der Waals surface area (Å²) in [6.07, 6.45) is 1.24. The van der Waals surface area contributed by atoms with Crippen LogP contribution in [-0.4, -0.2) is 12.6 Å². The Bertz CT molecular complexity index is 327. The van der Waals surface area contributed by atoms with Crippen LogP contribution in [0.2, 0.25) is 0 Å². The van der Waals surface area contributed by atoms with Gasteiger partial charge >= 0.3 is 0 Å². The summed E-state index contributed by atoms with van der Waals surface area (Å²) in [7, 11) is 0. The Balaban J connectivity index is 2.48. The minimum atomic E-state index is 0.221. The van der Waals surface area contributed by atoms with Gasteiger partial charge in [0, 0.05) is 12.2 Å². The average Bonchev–Trinajstić information content (AvgIpc) is 2.27. The quantitative estimate of drug-likeness (QED) is 0.734. The standard InChI is InChI=1S/C14H21NO/c1-5-12(4)10-15-13-6-8-14(9-7-13)16-11(2)3/h6-9,11,15H,4-5,10H2,1-3H3. The van der Waals surface area contributed by atoms with E-state index in [4.69, 9.17) is 4.74 Å². The van der Waals surface area contributed by atoms with Gasteiger partial charge in [-0.3, -0.25) is 0 Å². The zero-order chi connectivity index (χ0) is 12.0. The molecule has 1 N–H and O–H groups in total. The number of rotatable bonds is 6. The van der Waals surface area contributed by atoms with Gasteiger partial charge in [0.2, 0.25) is 0 Å². The van der Waals surface area contributed by atoms with Crippen LogP contribution in [0.25, 0.3) is 0 Å². The maximum absolute atomic E-state index is 5.57. The highest BCUT2D eigenvalue weighted by molar-refractivity contribution is 5.47. The molecule has 2 nitrogen and oxygen atoms in total. The number of benzene rings is 1. The molecule has 0 heterocycles. The van der Waals surface area contributed by atoms with Crippen molar-refractivity contribution in [2.75, 3.05) is 11.9 Å². The molecule has 0 atom stereocenters. The van der Waals surface area contributed by atoms with Gasteiger partial charge in [0.15, 0.2) is 0 Å². The van der Waals surface area contributed by atoms with Gasteiger partial charge < -0.3 is 10.1 Å². The van der Waals surface area contributed by atoms with Crippen molar-refractivity contribution in [3.63, 3.8) is 0 Å². The first-order valence-electron chi connectivity index (χ1n) is 5.79. The summed E-state index contributed by atoms with van der Waals surface area (Å²) in [5.74, 6) is 0.912. The third-order valence-corrected chi connectivity index (χ3v) is 2.27. The van der Waals surface area contributed by atoms with E-state index in [-0.39, 0.29) is 6.10 Å². The summed E-state index contributed by atoms with van der Waals surface area (Å²) in [5.41, 5.74) is 2.31. The summed E-state index contributed by atoms with van der Waals surface area (Å²) in [6.45, 7) is 11.0. The molecule has 0 aliphatic heterocycles. The second-order valence-corrected chi connectivity index (χ2v) is 4.15. The molecule has 0 aliphatic carbocycles. The molecule has 0 amide bonds. The van der Waals surface area contributed by atoms with E-state index in [1.807, 2.05) is 38.1 Å². The van der Waals surface area contributed by atoms with E-state index in [9.17, 15) is 0 Å². The second-order valence-electron chi connectivity index (χ2n) is 4.15. The van der Waals surface area contributed by atoms with Crippen LogP contribution in [0.3, 0.4) is 0 Å². The van der Waals surface area contributed by atoms with Crippen molar-refractivity contribution in [3.8, 4) is 5.75 Å². The summed E-state index contributed by atoms with van der Waals surface area (Å²) in [5, 5.41) is 3.32. The van der Waals surface area contributed by atoms with Crippen molar-refractivity contribution in [3.05, 3.63) is 36.4 Å². The van der Waals surface area contributed by atoms with Gasteiger partial charge in [0.05, 0.1) is 6.10 Å². The molecule has 0 bridgehead atoms. The first-order valence-corrected chi connectivity index (χ1v) is 5.79. The lowest BCUT2D eigenvalue weighted by Gasteiger charge is -2.11. The number of hydrogen-bond donors (Lipinski definition) is 1. The minimum absolute atomic E-state index is 0.221. The maximum Gasteiger partial charge on any atom is 0.119 e. The largest absolute Gasteiger partial charge is 0.491 e. The molecule has 0 radical (unpaired) electrons. The van der Waals surface area contributed by atoms with Gasteiger partial charge in [-0.15, -0.1) is 0 Å². The molecule has 16 heavy (non-hydrogen) atoms. The van der Waals surface area contributed by atoms with E-state index in [2.05, 4.69) is 18.8 Å². The average molecular weight is 219 g/mol. The van der Waals surface area contributed by atoms with Gasteiger partial charge in [-0.25, -0.2) is 0 Å². The summed E-state index contributed by atoms with van der Waals surface area (Å²) in [4.78, 5) is 0. The predicted octanol–water partition coefficient (Wildman–Crippen LogP) is 3.85. The van der Waals surface area contributed by atoms with Crippen LogP contribution in [0.1, 0.15) is 27.2 Å². The van der Waals surface area contributed by atoms with Crippen LogP contribution in [0, 0.1) is 0 Å². The number of hydrogen-bond acceptors (Lipinski definition) is 2. The van der Waals surface area contributed by atoms with Crippen LogP contribution >= 0.6 is 0 Å². The Kier molecular flexibility index (Phi) is 4.90. The van der Waals surface area contributed by atoms with Crippen molar-refractivity contribution in [1.82, 2.24) is 0 Å². The maximum atomic E-state index is 5.57. The predicted molar refractivity (Wildman–Crippen MR) is 70.1 cm³/mol. The highest BCUT2D eigenvalue weighted by Crippen LogP contribution is 2.17. The Hall–Kier alpha value is -1.44. The number of nitrogens with one attached hydrogen (secondary N) is 1. The minimum Gasteiger partial charge on any atom is -0.491 e. The van der Waals surface area contributed by atoms with Crippen LogP contribution in [-0.2, 0) is 0 Å². The van der Waals surface area contributed by atoms with Crippen molar-refractivity contribution < 1.29 is 4.74 Å². The second kappa shape index (κ2) is 6.21. The van der Waals surface area contributed by atoms with E-state index < -0.39 is 0 Å². The van der Waals surface area contributed by atoms with Crippen molar-refractivity contribution >= 4 is 5.69 Å². The highest BCUT2D eigenvalue weighted by atomic mass is 16.5. The smallest absolute Gasteiger partial charge is 0.119 e. The third-order valence-electron chi connectivity index (χ3n) is 2.27. The molecule has 2 heteroatoms. The molecule has 1 rings (SSSR count). The monoisotopic (exact) mass is 219 g/mol. The zero-order valence-electron chi connectivity index (χ0n) is 10.4.